The number of benzene rings is 1. The van der Waals surface area contributed by atoms with Gasteiger partial charge in [0.15, 0.2) is 11.6 Å². The van der Waals surface area contributed by atoms with E-state index >= 15 is 0 Å². The van der Waals surface area contributed by atoms with Gasteiger partial charge in [-0.2, -0.15) is 0 Å². The van der Waals surface area contributed by atoms with E-state index in [1.165, 1.54) is 24.8 Å². The van der Waals surface area contributed by atoms with Crippen LogP contribution < -0.4 is 0 Å². The van der Waals surface area contributed by atoms with Crippen LogP contribution in [-0.4, -0.2) is 11.6 Å². The number of ketones is 2. The molecule has 1 aromatic carbocycles. The van der Waals surface area contributed by atoms with Gasteiger partial charge in [-0.05, 0) is 38.7 Å². The van der Waals surface area contributed by atoms with E-state index in [4.69, 9.17) is 0 Å². The van der Waals surface area contributed by atoms with E-state index in [2.05, 4.69) is 13.0 Å². The summed E-state index contributed by atoms with van der Waals surface area (Å²) in [6, 6.07) is 5.66. The molecule has 0 aliphatic heterocycles. The fourth-order valence-electron chi connectivity index (χ4n) is 3.81. The van der Waals surface area contributed by atoms with Gasteiger partial charge in [-0.1, -0.05) is 49.1 Å². The second-order valence-electron chi connectivity index (χ2n) is 6.75. The second kappa shape index (κ2) is 6.20. The number of hydrogen-bond acceptors (Lipinski definition) is 2. The molecule has 0 saturated carbocycles. The van der Waals surface area contributed by atoms with Crippen LogP contribution in [0.5, 0.6) is 0 Å². The second-order valence-corrected chi connectivity index (χ2v) is 6.75. The molecule has 22 heavy (non-hydrogen) atoms. The Hall–Kier alpha value is -1.70. The van der Waals surface area contributed by atoms with Crippen LogP contribution in [0.15, 0.2) is 29.8 Å². The molecule has 0 heterocycles. The lowest BCUT2D eigenvalue weighted by atomic mass is 9.67. The number of carbonyl (C=O) groups excluding carboxylic acids is 2. The average molecular weight is 296 g/mol. The zero-order valence-corrected chi connectivity index (χ0v) is 13.5. The molecule has 3 rings (SSSR count). The largest absolute Gasteiger partial charge is 0.294 e. The van der Waals surface area contributed by atoms with Crippen molar-refractivity contribution in [2.45, 2.75) is 52.4 Å². The molecule has 0 aromatic heterocycles. The summed E-state index contributed by atoms with van der Waals surface area (Å²) < 4.78 is 0. The monoisotopic (exact) mass is 296 g/mol. The summed E-state index contributed by atoms with van der Waals surface area (Å²) in [7, 11) is 0. The van der Waals surface area contributed by atoms with Crippen LogP contribution in [0.3, 0.4) is 0 Å². The first-order valence-electron chi connectivity index (χ1n) is 8.48. The van der Waals surface area contributed by atoms with Crippen LogP contribution in [-0.2, 0) is 0 Å². The Morgan fingerprint density at radius 1 is 1.05 bits per heavy atom. The SMILES string of the molecule is CCCCCC1=CCC2C(=O)c3cc(C)ccc3C(=O)C2C1. The van der Waals surface area contributed by atoms with E-state index in [-0.39, 0.29) is 23.4 Å². The third-order valence-corrected chi connectivity index (χ3v) is 5.11. The molecule has 0 radical (unpaired) electrons. The van der Waals surface area contributed by atoms with E-state index in [0.717, 1.165) is 24.8 Å². The summed E-state index contributed by atoms with van der Waals surface area (Å²) in [5.41, 5.74) is 3.72. The van der Waals surface area contributed by atoms with E-state index in [1.807, 2.05) is 25.1 Å². The molecule has 2 nitrogen and oxygen atoms in total. The van der Waals surface area contributed by atoms with Crippen molar-refractivity contribution in [3.63, 3.8) is 0 Å². The van der Waals surface area contributed by atoms with Crippen molar-refractivity contribution in [2.75, 3.05) is 0 Å². The van der Waals surface area contributed by atoms with Crippen molar-refractivity contribution < 1.29 is 9.59 Å². The van der Waals surface area contributed by atoms with Gasteiger partial charge in [0.2, 0.25) is 0 Å². The van der Waals surface area contributed by atoms with Gasteiger partial charge in [-0.25, -0.2) is 0 Å². The zero-order valence-electron chi connectivity index (χ0n) is 13.5. The summed E-state index contributed by atoms with van der Waals surface area (Å²) in [4.78, 5) is 25.5. The molecule has 0 fully saturated rings. The van der Waals surface area contributed by atoms with Gasteiger partial charge in [0, 0.05) is 23.0 Å². The molecule has 2 unspecified atom stereocenters. The standard InChI is InChI=1S/C20H24O2/c1-3-4-5-6-14-8-10-16-18(12-14)20(22)15-9-7-13(2)11-17(15)19(16)21/h7-9,11,16,18H,3-6,10,12H2,1-2H3. The topological polar surface area (TPSA) is 34.1 Å². The number of rotatable bonds is 4. The number of aryl methyl sites for hydroxylation is 1. The number of carbonyl (C=O) groups is 2. The maximum absolute atomic E-state index is 12.8. The van der Waals surface area contributed by atoms with Crippen LogP contribution in [0.25, 0.3) is 0 Å². The number of hydrogen-bond donors (Lipinski definition) is 0. The molecule has 1 aromatic rings. The van der Waals surface area contributed by atoms with Gasteiger partial charge in [0.1, 0.15) is 0 Å². The maximum Gasteiger partial charge on any atom is 0.167 e. The molecule has 0 N–H and O–H groups in total. The first-order chi connectivity index (χ1) is 10.6. The van der Waals surface area contributed by atoms with Crippen molar-refractivity contribution in [3.8, 4) is 0 Å². The zero-order chi connectivity index (χ0) is 15.7. The molecule has 2 aliphatic rings. The Morgan fingerprint density at radius 3 is 2.59 bits per heavy atom. The first kappa shape index (κ1) is 15.2. The fourth-order valence-corrected chi connectivity index (χ4v) is 3.81. The van der Waals surface area contributed by atoms with Gasteiger partial charge in [-0.15, -0.1) is 0 Å². The minimum Gasteiger partial charge on any atom is -0.294 e. The van der Waals surface area contributed by atoms with Crippen molar-refractivity contribution in [3.05, 3.63) is 46.5 Å². The Bertz CT molecular complexity index is 639. The van der Waals surface area contributed by atoms with Gasteiger partial charge < -0.3 is 0 Å². The maximum atomic E-state index is 12.8. The minimum atomic E-state index is -0.128. The third kappa shape index (κ3) is 2.67. The van der Waals surface area contributed by atoms with Crippen molar-refractivity contribution in [1.82, 2.24) is 0 Å². The highest BCUT2D eigenvalue weighted by Gasteiger charge is 2.42. The Balaban J connectivity index is 1.84. The molecular formula is C20H24O2. The smallest absolute Gasteiger partial charge is 0.167 e. The molecule has 0 spiro atoms. The average Bonchev–Trinajstić information content (AvgIpc) is 2.53. The summed E-state index contributed by atoms with van der Waals surface area (Å²) in [5, 5.41) is 0. The highest BCUT2D eigenvalue weighted by Crippen LogP contribution is 2.40. The van der Waals surface area contributed by atoms with Crippen LogP contribution in [0, 0.1) is 18.8 Å². The molecule has 0 amide bonds. The van der Waals surface area contributed by atoms with Gasteiger partial charge in [0.25, 0.3) is 0 Å². The molecule has 2 heteroatoms. The molecule has 116 valence electrons. The number of Topliss-reactive ketones (excluding diaryl/α,β-unsaturated/α-hetero) is 2. The third-order valence-electron chi connectivity index (χ3n) is 5.11. The number of unbranched alkanes of at least 4 members (excludes halogenated alkanes) is 2. The number of allylic oxidation sites excluding steroid dienone is 2. The molecule has 0 saturated heterocycles. The predicted octanol–water partition coefficient (Wildman–Crippen LogP) is 4.91. The van der Waals surface area contributed by atoms with Gasteiger partial charge in [-0.3, -0.25) is 9.59 Å². The fraction of sp³-hybridized carbons (Fsp3) is 0.500. The van der Waals surface area contributed by atoms with Crippen LogP contribution in [0.1, 0.15) is 71.7 Å². The van der Waals surface area contributed by atoms with Crippen molar-refractivity contribution in [1.29, 1.82) is 0 Å². The Labute approximate surface area is 132 Å². The Kier molecular flexibility index (Phi) is 4.28. The van der Waals surface area contributed by atoms with Crippen LogP contribution in [0.4, 0.5) is 0 Å². The quantitative estimate of drug-likeness (QED) is 0.584. The molecule has 2 aliphatic carbocycles. The highest BCUT2D eigenvalue weighted by molar-refractivity contribution is 6.16. The van der Waals surface area contributed by atoms with Gasteiger partial charge >= 0.3 is 0 Å². The number of fused-ring (bicyclic) bond motifs is 2. The summed E-state index contributed by atoms with van der Waals surface area (Å²) in [6.45, 7) is 4.17. The van der Waals surface area contributed by atoms with E-state index < -0.39 is 0 Å². The molecule has 2 atom stereocenters. The van der Waals surface area contributed by atoms with Gasteiger partial charge in [0.05, 0.1) is 0 Å². The van der Waals surface area contributed by atoms with E-state index in [1.54, 1.807) is 0 Å². The lowest BCUT2D eigenvalue weighted by Crippen LogP contribution is -2.38. The first-order valence-corrected chi connectivity index (χ1v) is 8.48. The molecular weight excluding hydrogens is 272 g/mol. The lowest BCUT2D eigenvalue weighted by molar-refractivity contribution is 0.0724. The van der Waals surface area contributed by atoms with E-state index in [9.17, 15) is 9.59 Å². The molecule has 0 bridgehead atoms. The lowest BCUT2D eigenvalue weighted by Gasteiger charge is -2.34. The highest BCUT2D eigenvalue weighted by atomic mass is 16.1. The van der Waals surface area contributed by atoms with Crippen LogP contribution in [0.2, 0.25) is 0 Å². The van der Waals surface area contributed by atoms with E-state index in [0.29, 0.717) is 11.1 Å². The summed E-state index contributed by atoms with van der Waals surface area (Å²) in [5.74, 6) is 0.105. The van der Waals surface area contributed by atoms with Crippen LogP contribution >= 0.6 is 0 Å². The summed E-state index contributed by atoms with van der Waals surface area (Å²) >= 11 is 0. The normalized spacial score (nSPS) is 23.8. The van der Waals surface area contributed by atoms with Crippen molar-refractivity contribution >= 4 is 11.6 Å². The van der Waals surface area contributed by atoms with Crippen molar-refractivity contribution in [2.24, 2.45) is 11.8 Å². The summed E-state index contributed by atoms with van der Waals surface area (Å²) in [6.07, 6.45) is 8.47. The minimum absolute atomic E-state index is 0.121. The Morgan fingerprint density at radius 2 is 1.82 bits per heavy atom. The predicted molar refractivity (Wildman–Crippen MR) is 88.3 cm³/mol.